The average Bonchev–Trinajstić information content (AvgIpc) is 2.99. The van der Waals surface area contributed by atoms with E-state index in [1.165, 1.54) is 4.90 Å². The number of carbonyl (C=O) groups excluding carboxylic acids is 2. The molecule has 0 N–H and O–H groups in total. The number of nitrogens with zero attached hydrogens (tertiary/aromatic N) is 4. The van der Waals surface area contributed by atoms with E-state index in [1.54, 1.807) is 36.7 Å². The number of likely N-dealkylation sites (N-methyl/N-ethyl adjacent to an activating group) is 1. The SMILES string of the molecule is CN1CCC(N(C)C2=C(c3ccc(Cl)cc3Cl)C(=O)N(Cc3cccnc3)C2=O)CC1. The van der Waals surface area contributed by atoms with Crippen molar-refractivity contribution in [2.45, 2.75) is 25.4 Å². The number of halogens is 2. The minimum Gasteiger partial charge on any atom is -0.366 e. The Morgan fingerprint density at radius 1 is 1.13 bits per heavy atom. The van der Waals surface area contributed by atoms with Gasteiger partial charge < -0.3 is 9.80 Å². The van der Waals surface area contributed by atoms with Crippen molar-refractivity contribution in [2.24, 2.45) is 0 Å². The van der Waals surface area contributed by atoms with E-state index in [-0.39, 0.29) is 24.4 Å². The Balaban J connectivity index is 1.75. The van der Waals surface area contributed by atoms with Gasteiger partial charge in [-0.2, -0.15) is 0 Å². The Morgan fingerprint density at radius 2 is 1.87 bits per heavy atom. The lowest BCUT2D eigenvalue weighted by Gasteiger charge is -2.36. The maximum absolute atomic E-state index is 13.5. The van der Waals surface area contributed by atoms with Crippen LogP contribution in [0.2, 0.25) is 10.0 Å². The number of amides is 2. The number of imide groups is 1. The average molecular weight is 459 g/mol. The summed E-state index contributed by atoms with van der Waals surface area (Å²) in [5.74, 6) is -0.663. The number of rotatable bonds is 5. The van der Waals surface area contributed by atoms with Crippen LogP contribution in [0.4, 0.5) is 0 Å². The predicted octanol–water partition coefficient (Wildman–Crippen LogP) is 3.69. The van der Waals surface area contributed by atoms with E-state index in [0.717, 1.165) is 31.5 Å². The van der Waals surface area contributed by atoms with Gasteiger partial charge in [0.25, 0.3) is 11.8 Å². The molecule has 31 heavy (non-hydrogen) atoms. The first kappa shape index (κ1) is 21.8. The van der Waals surface area contributed by atoms with Crippen LogP contribution < -0.4 is 0 Å². The molecule has 0 radical (unpaired) electrons. The van der Waals surface area contributed by atoms with E-state index in [1.807, 2.05) is 18.0 Å². The van der Waals surface area contributed by atoms with Crippen molar-refractivity contribution in [1.82, 2.24) is 19.7 Å². The van der Waals surface area contributed by atoms with Crippen LogP contribution in [0.1, 0.15) is 24.0 Å². The van der Waals surface area contributed by atoms with Gasteiger partial charge in [0.1, 0.15) is 5.70 Å². The van der Waals surface area contributed by atoms with Crippen molar-refractivity contribution in [2.75, 3.05) is 27.2 Å². The van der Waals surface area contributed by atoms with Gasteiger partial charge in [-0.05, 0) is 56.7 Å². The van der Waals surface area contributed by atoms with Crippen molar-refractivity contribution in [1.29, 1.82) is 0 Å². The molecule has 162 valence electrons. The van der Waals surface area contributed by atoms with E-state index >= 15 is 0 Å². The zero-order chi connectivity index (χ0) is 22.1. The summed E-state index contributed by atoms with van der Waals surface area (Å²) in [5.41, 5.74) is 2.03. The highest BCUT2D eigenvalue weighted by molar-refractivity contribution is 6.41. The normalized spacial score (nSPS) is 18.3. The van der Waals surface area contributed by atoms with Gasteiger partial charge in [-0.15, -0.1) is 0 Å². The highest BCUT2D eigenvalue weighted by Crippen LogP contribution is 2.37. The van der Waals surface area contributed by atoms with E-state index in [0.29, 0.717) is 26.9 Å². The standard InChI is InChI=1S/C23H24Cl2N4O2/c1-27-10-7-17(8-11-27)28(2)21-20(18-6-5-16(24)12-19(18)25)22(30)29(23(21)31)14-15-4-3-9-26-13-15/h3-6,9,12-13,17H,7-8,10-11,14H2,1-2H3. The minimum absolute atomic E-state index is 0.158. The fourth-order valence-corrected chi connectivity index (χ4v) is 4.71. The van der Waals surface area contributed by atoms with Gasteiger partial charge in [0, 0.05) is 36.1 Å². The van der Waals surface area contributed by atoms with Crippen LogP contribution >= 0.6 is 23.2 Å². The molecule has 3 heterocycles. The number of benzene rings is 1. The number of piperidine rings is 1. The Hall–Kier alpha value is -2.41. The second-order valence-corrected chi connectivity index (χ2v) is 8.89. The van der Waals surface area contributed by atoms with Crippen molar-refractivity contribution in [3.05, 3.63) is 69.6 Å². The Kier molecular flexibility index (Phi) is 6.32. The summed E-state index contributed by atoms with van der Waals surface area (Å²) in [6.45, 7) is 2.05. The maximum Gasteiger partial charge on any atom is 0.278 e. The molecule has 8 heteroatoms. The smallest absolute Gasteiger partial charge is 0.278 e. The Morgan fingerprint density at radius 3 is 2.52 bits per heavy atom. The molecule has 0 saturated carbocycles. The van der Waals surface area contributed by atoms with E-state index in [4.69, 9.17) is 23.2 Å². The van der Waals surface area contributed by atoms with Crippen LogP contribution in [-0.2, 0) is 16.1 Å². The Bertz CT molecular complexity index is 1030. The van der Waals surface area contributed by atoms with Crippen LogP contribution in [-0.4, -0.2) is 64.7 Å². The van der Waals surface area contributed by atoms with Gasteiger partial charge in [-0.25, -0.2) is 0 Å². The molecule has 2 aliphatic heterocycles. The van der Waals surface area contributed by atoms with Gasteiger partial charge in [0.15, 0.2) is 0 Å². The van der Waals surface area contributed by atoms with Gasteiger partial charge in [0.2, 0.25) is 0 Å². The van der Waals surface area contributed by atoms with Crippen LogP contribution in [0.15, 0.2) is 48.4 Å². The second-order valence-electron chi connectivity index (χ2n) is 8.05. The molecule has 1 saturated heterocycles. The molecule has 2 aliphatic rings. The summed E-state index contributed by atoms with van der Waals surface area (Å²) in [6, 6.07) is 8.80. The quantitative estimate of drug-likeness (QED) is 0.639. The fourth-order valence-electron chi connectivity index (χ4n) is 4.21. The third kappa shape index (κ3) is 4.33. The largest absolute Gasteiger partial charge is 0.366 e. The van der Waals surface area contributed by atoms with Crippen molar-refractivity contribution < 1.29 is 9.59 Å². The number of hydrogen-bond acceptors (Lipinski definition) is 5. The molecular weight excluding hydrogens is 435 g/mol. The zero-order valence-electron chi connectivity index (χ0n) is 17.5. The third-order valence-corrected chi connectivity index (χ3v) is 6.54. The van der Waals surface area contributed by atoms with E-state index in [9.17, 15) is 9.59 Å². The van der Waals surface area contributed by atoms with Crippen LogP contribution in [0.25, 0.3) is 5.57 Å². The molecule has 4 rings (SSSR count). The molecule has 2 aromatic rings. The van der Waals surface area contributed by atoms with Crippen LogP contribution in [0.5, 0.6) is 0 Å². The number of carbonyl (C=O) groups is 2. The third-order valence-electron chi connectivity index (χ3n) is 6.00. The molecule has 6 nitrogen and oxygen atoms in total. The molecule has 0 spiro atoms. The molecular formula is C23H24Cl2N4O2. The van der Waals surface area contributed by atoms with Crippen LogP contribution in [0.3, 0.4) is 0 Å². The summed E-state index contributed by atoms with van der Waals surface area (Å²) in [7, 11) is 3.99. The first-order chi connectivity index (χ1) is 14.9. The molecule has 0 atom stereocenters. The monoisotopic (exact) mass is 458 g/mol. The Labute approximate surface area is 192 Å². The number of hydrogen-bond donors (Lipinski definition) is 0. The van der Waals surface area contributed by atoms with Crippen molar-refractivity contribution in [3.8, 4) is 0 Å². The summed E-state index contributed by atoms with van der Waals surface area (Å²) in [6.07, 6.45) is 5.16. The number of aromatic nitrogens is 1. The lowest BCUT2D eigenvalue weighted by molar-refractivity contribution is -0.138. The first-order valence-electron chi connectivity index (χ1n) is 10.2. The number of pyridine rings is 1. The first-order valence-corrected chi connectivity index (χ1v) is 11.0. The minimum atomic E-state index is -0.354. The molecule has 1 aromatic carbocycles. The maximum atomic E-state index is 13.5. The van der Waals surface area contributed by atoms with Gasteiger partial charge in [-0.1, -0.05) is 35.3 Å². The number of likely N-dealkylation sites (tertiary alicyclic amines) is 1. The lowest BCUT2D eigenvalue weighted by atomic mass is 10.00. The fraction of sp³-hybridized carbons (Fsp3) is 0.348. The summed E-state index contributed by atoms with van der Waals surface area (Å²) in [4.78, 5) is 36.7. The molecule has 0 unspecified atom stereocenters. The second kappa shape index (κ2) is 8.99. The molecule has 0 aliphatic carbocycles. The van der Waals surface area contributed by atoms with Crippen molar-refractivity contribution in [3.63, 3.8) is 0 Å². The lowest BCUT2D eigenvalue weighted by Crippen LogP contribution is -2.43. The summed E-state index contributed by atoms with van der Waals surface area (Å²) >= 11 is 12.5. The highest BCUT2D eigenvalue weighted by Gasteiger charge is 2.43. The molecule has 1 aromatic heterocycles. The van der Waals surface area contributed by atoms with E-state index in [2.05, 4.69) is 16.9 Å². The summed E-state index contributed by atoms with van der Waals surface area (Å²) < 4.78 is 0. The topological polar surface area (TPSA) is 56.8 Å². The van der Waals surface area contributed by atoms with Gasteiger partial charge in [0.05, 0.1) is 17.1 Å². The zero-order valence-corrected chi connectivity index (χ0v) is 19.0. The summed E-state index contributed by atoms with van der Waals surface area (Å²) in [5, 5.41) is 0.824. The van der Waals surface area contributed by atoms with E-state index < -0.39 is 0 Å². The molecule has 1 fully saturated rings. The highest BCUT2D eigenvalue weighted by atomic mass is 35.5. The van der Waals surface area contributed by atoms with Crippen LogP contribution in [0, 0.1) is 0 Å². The van der Waals surface area contributed by atoms with Crippen molar-refractivity contribution >= 4 is 40.6 Å². The predicted molar refractivity (Wildman–Crippen MR) is 121 cm³/mol. The molecule has 2 amide bonds. The molecule has 0 bridgehead atoms. The van der Waals surface area contributed by atoms with Gasteiger partial charge in [-0.3, -0.25) is 19.5 Å². The van der Waals surface area contributed by atoms with Gasteiger partial charge >= 0.3 is 0 Å².